The van der Waals surface area contributed by atoms with Gasteiger partial charge < -0.3 is 15.8 Å². The van der Waals surface area contributed by atoms with E-state index < -0.39 is 5.54 Å². The van der Waals surface area contributed by atoms with Crippen LogP contribution >= 0.6 is 28.3 Å². The van der Waals surface area contributed by atoms with Gasteiger partial charge in [-0.3, -0.25) is 9.59 Å². The van der Waals surface area contributed by atoms with E-state index >= 15 is 0 Å². The van der Waals surface area contributed by atoms with Gasteiger partial charge in [0.15, 0.2) is 0 Å². The SMILES string of the molecule is COC(=O)CC(C)NC(=O)C(C)(N)c1ccc(Br)cc1.Cl. The molecule has 0 aliphatic heterocycles. The van der Waals surface area contributed by atoms with Crippen LogP contribution in [-0.4, -0.2) is 25.0 Å². The van der Waals surface area contributed by atoms with Crippen molar-refractivity contribution in [3.05, 3.63) is 34.3 Å². The molecule has 0 saturated heterocycles. The van der Waals surface area contributed by atoms with E-state index in [1.807, 2.05) is 12.1 Å². The monoisotopic (exact) mass is 378 g/mol. The number of hydrogen-bond donors (Lipinski definition) is 2. The summed E-state index contributed by atoms with van der Waals surface area (Å²) < 4.78 is 5.47. The molecule has 0 saturated carbocycles. The molecule has 118 valence electrons. The van der Waals surface area contributed by atoms with Crippen LogP contribution in [0.4, 0.5) is 0 Å². The molecule has 1 aromatic rings. The first kappa shape index (κ1) is 19.9. The Labute approximate surface area is 139 Å². The molecule has 1 aromatic carbocycles. The number of rotatable bonds is 5. The lowest BCUT2D eigenvalue weighted by Crippen LogP contribution is -2.51. The second kappa shape index (κ2) is 8.36. The summed E-state index contributed by atoms with van der Waals surface area (Å²) >= 11 is 3.33. The fraction of sp³-hybridized carbons (Fsp3) is 0.429. The highest BCUT2D eigenvalue weighted by molar-refractivity contribution is 9.10. The lowest BCUT2D eigenvalue weighted by molar-refractivity contribution is -0.141. The fourth-order valence-electron chi connectivity index (χ4n) is 1.69. The molecule has 21 heavy (non-hydrogen) atoms. The minimum atomic E-state index is -1.16. The summed E-state index contributed by atoms with van der Waals surface area (Å²) in [7, 11) is 1.31. The Balaban J connectivity index is 0.00000400. The minimum Gasteiger partial charge on any atom is -0.469 e. The van der Waals surface area contributed by atoms with Gasteiger partial charge in [0.2, 0.25) is 5.91 Å². The third-order valence-electron chi connectivity index (χ3n) is 2.99. The molecule has 0 fully saturated rings. The molecule has 0 spiro atoms. The van der Waals surface area contributed by atoms with Crippen LogP contribution in [0.1, 0.15) is 25.8 Å². The van der Waals surface area contributed by atoms with Crippen molar-refractivity contribution in [3.8, 4) is 0 Å². The van der Waals surface area contributed by atoms with Gasteiger partial charge in [-0.2, -0.15) is 0 Å². The number of esters is 1. The molecule has 2 unspecified atom stereocenters. The molecule has 3 N–H and O–H groups in total. The van der Waals surface area contributed by atoms with Gasteiger partial charge in [0.1, 0.15) is 5.54 Å². The summed E-state index contributed by atoms with van der Waals surface area (Å²) in [6.45, 7) is 3.36. The zero-order valence-corrected chi connectivity index (χ0v) is 14.6. The molecule has 1 rings (SSSR count). The van der Waals surface area contributed by atoms with Crippen LogP contribution < -0.4 is 11.1 Å². The predicted octanol–water partition coefficient (Wildman–Crippen LogP) is 2.11. The Morgan fingerprint density at radius 2 is 1.90 bits per heavy atom. The molecule has 0 bridgehead atoms. The molecule has 0 heterocycles. The fourth-order valence-corrected chi connectivity index (χ4v) is 1.95. The van der Waals surface area contributed by atoms with Gasteiger partial charge in [-0.15, -0.1) is 12.4 Å². The van der Waals surface area contributed by atoms with E-state index in [0.29, 0.717) is 5.56 Å². The molecular formula is C14H20BrClN2O3. The molecule has 2 atom stereocenters. The van der Waals surface area contributed by atoms with Crippen LogP contribution in [0.5, 0.6) is 0 Å². The first-order chi connectivity index (χ1) is 9.27. The first-order valence-electron chi connectivity index (χ1n) is 6.20. The van der Waals surface area contributed by atoms with E-state index in [2.05, 4.69) is 26.0 Å². The highest BCUT2D eigenvalue weighted by atomic mass is 79.9. The van der Waals surface area contributed by atoms with Gasteiger partial charge in [0.25, 0.3) is 0 Å². The summed E-state index contributed by atoms with van der Waals surface area (Å²) in [5, 5.41) is 2.72. The first-order valence-corrected chi connectivity index (χ1v) is 6.99. The number of amides is 1. The lowest BCUT2D eigenvalue weighted by Gasteiger charge is -2.26. The van der Waals surface area contributed by atoms with Crippen molar-refractivity contribution in [3.63, 3.8) is 0 Å². The Kier molecular flexibility index (Phi) is 7.92. The van der Waals surface area contributed by atoms with Crippen molar-refractivity contribution >= 4 is 40.2 Å². The number of nitrogens with two attached hydrogens (primary N) is 1. The van der Waals surface area contributed by atoms with Gasteiger partial charge in [0.05, 0.1) is 13.5 Å². The van der Waals surface area contributed by atoms with Gasteiger partial charge in [-0.25, -0.2) is 0 Å². The van der Waals surface area contributed by atoms with Crippen LogP contribution in [0.25, 0.3) is 0 Å². The molecule has 7 heteroatoms. The number of nitrogens with one attached hydrogen (secondary N) is 1. The average molecular weight is 380 g/mol. The van der Waals surface area contributed by atoms with E-state index in [9.17, 15) is 9.59 Å². The number of carbonyl (C=O) groups excluding carboxylic acids is 2. The van der Waals surface area contributed by atoms with Crippen molar-refractivity contribution in [2.45, 2.75) is 31.8 Å². The number of carbonyl (C=O) groups is 2. The summed E-state index contributed by atoms with van der Waals surface area (Å²) in [6.07, 6.45) is 0.110. The molecule has 0 aliphatic carbocycles. The number of hydrogen-bond acceptors (Lipinski definition) is 4. The Morgan fingerprint density at radius 1 is 1.38 bits per heavy atom. The quantitative estimate of drug-likeness (QED) is 0.768. The Morgan fingerprint density at radius 3 is 2.38 bits per heavy atom. The Bertz CT molecular complexity index is 491. The zero-order valence-electron chi connectivity index (χ0n) is 12.2. The van der Waals surface area contributed by atoms with Crippen LogP contribution in [0.3, 0.4) is 0 Å². The number of methoxy groups -OCH3 is 1. The van der Waals surface area contributed by atoms with Gasteiger partial charge in [0, 0.05) is 10.5 Å². The highest BCUT2D eigenvalue weighted by Gasteiger charge is 2.31. The Hall–Kier alpha value is -1.11. The van der Waals surface area contributed by atoms with Gasteiger partial charge in [-0.1, -0.05) is 28.1 Å². The summed E-state index contributed by atoms with van der Waals surface area (Å²) in [6, 6.07) is 6.88. The standard InChI is InChI=1S/C14H19BrN2O3.ClH/c1-9(8-12(18)20-3)17-13(19)14(2,16)10-4-6-11(15)7-5-10;/h4-7,9H,8,16H2,1-3H3,(H,17,19);1H. The smallest absolute Gasteiger partial charge is 0.307 e. The van der Waals surface area contributed by atoms with Crippen LogP contribution in [-0.2, 0) is 19.9 Å². The molecule has 0 aliphatic rings. The largest absolute Gasteiger partial charge is 0.469 e. The molecule has 0 radical (unpaired) electrons. The molecule has 5 nitrogen and oxygen atoms in total. The molecular weight excluding hydrogens is 360 g/mol. The number of ether oxygens (including phenoxy) is 1. The third-order valence-corrected chi connectivity index (χ3v) is 3.52. The zero-order chi connectivity index (χ0) is 15.3. The van der Waals surface area contributed by atoms with Gasteiger partial charge >= 0.3 is 5.97 Å². The normalized spacial score (nSPS) is 14.3. The van der Waals surface area contributed by atoms with Crippen LogP contribution in [0.15, 0.2) is 28.7 Å². The van der Waals surface area contributed by atoms with E-state index in [0.717, 1.165) is 4.47 Å². The topological polar surface area (TPSA) is 81.4 Å². The maximum absolute atomic E-state index is 12.2. The summed E-state index contributed by atoms with van der Waals surface area (Å²) in [5.41, 5.74) is 5.64. The van der Waals surface area contributed by atoms with Crippen LogP contribution in [0.2, 0.25) is 0 Å². The van der Waals surface area contributed by atoms with Crippen molar-refractivity contribution in [2.24, 2.45) is 5.73 Å². The van der Waals surface area contributed by atoms with E-state index in [1.165, 1.54) is 7.11 Å². The lowest BCUT2D eigenvalue weighted by atomic mass is 9.92. The van der Waals surface area contributed by atoms with Gasteiger partial charge in [-0.05, 0) is 31.5 Å². The third kappa shape index (κ3) is 5.65. The second-order valence-corrected chi connectivity index (χ2v) is 5.78. The van der Waals surface area contributed by atoms with Crippen molar-refractivity contribution < 1.29 is 14.3 Å². The summed E-state index contributed by atoms with van der Waals surface area (Å²) in [5.74, 6) is -0.712. The average Bonchev–Trinajstić information content (AvgIpc) is 2.38. The van der Waals surface area contributed by atoms with E-state index in [4.69, 9.17) is 5.73 Å². The molecule has 0 aromatic heterocycles. The van der Waals surface area contributed by atoms with E-state index in [-0.39, 0.29) is 36.7 Å². The number of halogens is 2. The van der Waals surface area contributed by atoms with Crippen molar-refractivity contribution in [1.29, 1.82) is 0 Å². The maximum Gasteiger partial charge on any atom is 0.307 e. The predicted molar refractivity (Wildman–Crippen MR) is 87.2 cm³/mol. The van der Waals surface area contributed by atoms with Crippen molar-refractivity contribution in [1.82, 2.24) is 5.32 Å². The maximum atomic E-state index is 12.2. The highest BCUT2D eigenvalue weighted by Crippen LogP contribution is 2.20. The minimum absolute atomic E-state index is 0. The molecule has 1 amide bonds. The summed E-state index contributed by atoms with van der Waals surface area (Å²) in [4.78, 5) is 23.4. The number of benzene rings is 1. The van der Waals surface area contributed by atoms with Crippen molar-refractivity contribution in [2.75, 3.05) is 7.11 Å². The van der Waals surface area contributed by atoms with Crippen LogP contribution in [0, 0.1) is 0 Å². The second-order valence-electron chi connectivity index (χ2n) is 4.86. The van der Waals surface area contributed by atoms with E-state index in [1.54, 1.807) is 26.0 Å².